The number of rotatable bonds is 7. The lowest BCUT2D eigenvalue weighted by Gasteiger charge is -2.17. The summed E-state index contributed by atoms with van der Waals surface area (Å²) >= 11 is 0. The largest absolute Gasteiger partial charge is 0.491 e. The van der Waals surface area contributed by atoms with E-state index in [1.165, 1.54) is 24.0 Å². The topological polar surface area (TPSA) is 21.3 Å². The molecule has 0 radical (unpaired) electrons. The van der Waals surface area contributed by atoms with Gasteiger partial charge in [-0.2, -0.15) is 0 Å². The van der Waals surface area contributed by atoms with Crippen molar-refractivity contribution in [3.05, 3.63) is 29.3 Å². The zero-order chi connectivity index (χ0) is 12.7. The van der Waals surface area contributed by atoms with Gasteiger partial charge in [0.25, 0.3) is 0 Å². The van der Waals surface area contributed by atoms with E-state index in [0.29, 0.717) is 6.04 Å². The first kappa shape index (κ1) is 14.0. The third-order valence-corrected chi connectivity index (χ3v) is 2.91. The Labute approximate surface area is 105 Å². The Bertz CT molecular complexity index is 315. The highest BCUT2D eigenvalue weighted by atomic mass is 16.5. The van der Waals surface area contributed by atoms with E-state index in [9.17, 15) is 0 Å². The summed E-state index contributed by atoms with van der Waals surface area (Å²) in [5.74, 6) is 1.04. The molecule has 0 fully saturated rings. The van der Waals surface area contributed by atoms with Gasteiger partial charge in [0.15, 0.2) is 0 Å². The number of aryl methyl sites for hydroxylation is 2. The third-order valence-electron chi connectivity index (χ3n) is 2.91. The van der Waals surface area contributed by atoms with E-state index in [1.54, 1.807) is 0 Å². The highest BCUT2D eigenvalue weighted by Crippen LogP contribution is 2.22. The van der Waals surface area contributed by atoms with Crippen molar-refractivity contribution in [2.75, 3.05) is 13.2 Å². The van der Waals surface area contributed by atoms with E-state index in [-0.39, 0.29) is 0 Å². The van der Waals surface area contributed by atoms with Gasteiger partial charge in [-0.05, 0) is 44.9 Å². The van der Waals surface area contributed by atoms with Gasteiger partial charge in [-0.1, -0.05) is 31.5 Å². The van der Waals surface area contributed by atoms with Gasteiger partial charge in [0, 0.05) is 6.04 Å². The Kier molecular flexibility index (Phi) is 6.06. The molecule has 17 heavy (non-hydrogen) atoms. The summed E-state index contributed by atoms with van der Waals surface area (Å²) in [6, 6.07) is 6.66. The normalized spacial score (nSPS) is 12.5. The van der Waals surface area contributed by atoms with Crippen molar-refractivity contribution in [1.29, 1.82) is 0 Å². The number of nitrogens with one attached hydrogen (secondary N) is 1. The van der Waals surface area contributed by atoms with Crippen LogP contribution in [-0.2, 0) is 0 Å². The maximum Gasteiger partial charge on any atom is 0.125 e. The van der Waals surface area contributed by atoms with Crippen LogP contribution in [0.25, 0.3) is 0 Å². The average molecular weight is 235 g/mol. The molecule has 0 unspecified atom stereocenters. The van der Waals surface area contributed by atoms with Gasteiger partial charge in [0.2, 0.25) is 0 Å². The van der Waals surface area contributed by atoms with Crippen LogP contribution in [0.3, 0.4) is 0 Å². The Morgan fingerprint density at radius 3 is 2.47 bits per heavy atom. The summed E-state index contributed by atoms with van der Waals surface area (Å²) in [6.45, 7) is 10.4. The first-order valence-electron chi connectivity index (χ1n) is 6.57. The molecule has 0 saturated carbocycles. The van der Waals surface area contributed by atoms with Crippen molar-refractivity contribution in [3.8, 4) is 5.75 Å². The molecule has 0 amide bonds. The van der Waals surface area contributed by atoms with Crippen LogP contribution >= 0.6 is 0 Å². The summed E-state index contributed by atoms with van der Waals surface area (Å²) < 4.78 is 5.90. The van der Waals surface area contributed by atoms with Gasteiger partial charge < -0.3 is 10.1 Å². The van der Waals surface area contributed by atoms with Crippen LogP contribution in [0.2, 0.25) is 0 Å². The Morgan fingerprint density at radius 2 is 1.88 bits per heavy atom. The van der Waals surface area contributed by atoms with E-state index in [4.69, 9.17) is 4.74 Å². The van der Waals surface area contributed by atoms with Crippen LogP contribution in [0.5, 0.6) is 5.75 Å². The van der Waals surface area contributed by atoms with Gasteiger partial charge in [-0.25, -0.2) is 0 Å². The lowest BCUT2D eigenvalue weighted by atomic mass is 10.1. The number of hydrogen-bond acceptors (Lipinski definition) is 2. The molecule has 0 bridgehead atoms. The number of unbranched alkanes of at least 4 members (excludes halogenated alkanes) is 1. The molecule has 0 spiro atoms. The summed E-state index contributed by atoms with van der Waals surface area (Å²) in [5, 5.41) is 3.47. The first-order chi connectivity index (χ1) is 8.15. The second-order valence-electron chi connectivity index (χ2n) is 4.74. The lowest BCUT2D eigenvalue weighted by Crippen LogP contribution is -2.32. The Balaban J connectivity index is 2.39. The SMILES string of the molecule is CCCCN[C@@H](C)COc1c(C)cccc1C. The van der Waals surface area contributed by atoms with Crippen molar-refractivity contribution in [1.82, 2.24) is 5.32 Å². The summed E-state index contributed by atoms with van der Waals surface area (Å²) in [4.78, 5) is 0. The standard InChI is InChI=1S/C15H25NO/c1-5-6-10-16-14(4)11-17-15-12(2)8-7-9-13(15)3/h7-9,14,16H,5-6,10-11H2,1-4H3/t14-/m0/s1. The van der Waals surface area contributed by atoms with Crippen LogP contribution in [0, 0.1) is 13.8 Å². The van der Waals surface area contributed by atoms with E-state index in [0.717, 1.165) is 18.9 Å². The molecule has 1 aromatic rings. The molecular formula is C15H25NO. The molecule has 1 atom stereocenters. The molecule has 0 aliphatic heterocycles. The minimum absolute atomic E-state index is 0.403. The quantitative estimate of drug-likeness (QED) is 0.731. The number of benzene rings is 1. The summed E-state index contributed by atoms with van der Waals surface area (Å²) in [5.41, 5.74) is 2.43. The Hall–Kier alpha value is -1.02. The molecule has 2 heteroatoms. The second kappa shape index (κ2) is 7.33. The van der Waals surface area contributed by atoms with Crippen LogP contribution < -0.4 is 10.1 Å². The van der Waals surface area contributed by atoms with E-state index in [1.807, 2.05) is 0 Å². The Morgan fingerprint density at radius 1 is 1.24 bits per heavy atom. The fraction of sp³-hybridized carbons (Fsp3) is 0.600. The van der Waals surface area contributed by atoms with Crippen LogP contribution in [0.15, 0.2) is 18.2 Å². The third kappa shape index (κ3) is 4.78. The fourth-order valence-corrected chi connectivity index (χ4v) is 1.82. The predicted octanol–water partition coefficient (Wildman–Crippen LogP) is 3.46. The lowest BCUT2D eigenvalue weighted by molar-refractivity contribution is 0.270. The fourth-order valence-electron chi connectivity index (χ4n) is 1.82. The van der Waals surface area contributed by atoms with E-state index in [2.05, 4.69) is 51.2 Å². The smallest absolute Gasteiger partial charge is 0.125 e. The van der Waals surface area contributed by atoms with Crippen LogP contribution in [-0.4, -0.2) is 19.2 Å². The molecule has 1 aromatic carbocycles. The van der Waals surface area contributed by atoms with E-state index >= 15 is 0 Å². The monoisotopic (exact) mass is 235 g/mol. The van der Waals surface area contributed by atoms with E-state index < -0.39 is 0 Å². The van der Waals surface area contributed by atoms with Crippen molar-refractivity contribution < 1.29 is 4.74 Å². The van der Waals surface area contributed by atoms with Gasteiger partial charge >= 0.3 is 0 Å². The van der Waals surface area contributed by atoms with Crippen molar-refractivity contribution in [2.24, 2.45) is 0 Å². The summed E-state index contributed by atoms with van der Waals surface area (Å²) in [6.07, 6.45) is 2.46. The predicted molar refractivity (Wildman–Crippen MR) is 73.8 cm³/mol. The minimum Gasteiger partial charge on any atom is -0.491 e. The van der Waals surface area contributed by atoms with Crippen molar-refractivity contribution in [3.63, 3.8) is 0 Å². The first-order valence-corrected chi connectivity index (χ1v) is 6.57. The van der Waals surface area contributed by atoms with Crippen molar-refractivity contribution >= 4 is 0 Å². The van der Waals surface area contributed by atoms with Gasteiger partial charge in [0.05, 0.1) is 0 Å². The highest BCUT2D eigenvalue weighted by Gasteiger charge is 2.06. The minimum atomic E-state index is 0.403. The maximum atomic E-state index is 5.90. The molecule has 2 nitrogen and oxygen atoms in total. The van der Waals surface area contributed by atoms with Gasteiger partial charge in [-0.3, -0.25) is 0 Å². The molecule has 1 rings (SSSR count). The molecule has 0 aliphatic carbocycles. The molecular weight excluding hydrogens is 210 g/mol. The number of ether oxygens (including phenoxy) is 1. The number of para-hydroxylation sites is 1. The molecule has 0 aliphatic rings. The molecule has 1 N–H and O–H groups in total. The second-order valence-corrected chi connectivity index (χ2v) is 4.74. The molecule has 0 saturated heterocycles. The van der Waals surface area contributed by atoms with Gasteiger partial charge in [-0.15, -0.1) is 0 Å². The highest BCUT2D eigenvalue weighted by molar-refractivity contribution is 5.39. The summed E-state index contributed by atoms with van der Waals surface area (Å²) in [7, 11) is 0. The maximum absolute atomic E-state index is 5.90. The molecule has 0 aromatic heterocycles. The number of hydrogen-bond donors (Lipinski definition) is 1. The molecule has 0 heterocycles. The molecule has 96 valence electrons. The van der Waals surface area contributed by atoms with Crippen LogP contribution in [0.4, 0.5) is 0 Å². The van der Waals surface area contributed by atoms with Crippen molar-refractivity contribution in [2.45, 2.75) is 46.6 Å². The zero-order valence-corrected chi connectivity index (χ0v) is 11.5. The van der Waals surface area contributed by atoms with Crippen LogP contribution in [0.1, 0.15) is 37.8 Å². The van der Waals surface area contributed by atoms with Gasteiger partial charge in [0.1, 0.15) is 12.4 Å². The zero-order valence-electron chi connectivity index (χ0n) is 11.5. The average Bonchev–Trinajstić information content (AvgIpc) is 2.29.